The fourth-order valence-electron chi connectivity index (χ4n) is 2.13. The minimum atomic E-state index is -0.0715. The Hall–Kier alpha value is -2.78. The molecule has 0 spiro atoms. The molecule has 0 aliphatic rings. The molecular weight excluding hydrogens is 294 g/mol. The van der Waals surface area contributed by atoms with Crippen molar-refractivity contribution in [1.29, 1.82) is 5.26 Å². The van der Waals surface area contributed by atoms with Crippen molar-refractivity contribution < 1.29 is 14.6 Å². The average molecular weight is 313 g/mol. The number of nitriles is 1. The molecule has 1 unspecified atom stereocenters. The molecular formula is C17H19N3O3. The number of hydrogen-bond donors (Lipinski definition) is 2. The third-order valence-corrected chi connectivity index (χ3v) is 3.32. The Morgan fingerprint density at radius 2 is 2.17 bits per heavy atom. The molecule has 0 radical (unpaired) electrons. The quantitative estimate of drug-likeness (QED) is 0.816. The van der Waals surface area contributed by atoms with Crippen molar-refractivity contribution >= 4 is 5.82 Å². The van der Waals surface area contributed by atoms with E-state index in [1.807, 2.05) is 19.1 Å². The van der Waals surface area contributed by atoms with Crippen molar-refractivity contribution in [1.82, 2.24) is 4.98 Å². The zero-order chi connectivity index (χ0) is 16.7. The van der Waals surface area contributed by atoms with Crippen molar-refractivity contribution in [3.05, 3.63) is 47.7 Å². The summed E-state index contributed by atoms with van der Waals surface area (Å²) in [5, 5.41) is 21.2. The van der Waals surface area contributed by atoms with Gasteiger partial charge in [0, 0.05) is 6.20 Å². The fraction of sp³-hybridized carbons (Fsp3) is 0.294. The third kappa shape index (κ3) is 4.11. The van der Waals surface area contributed by atoms with Crippen LogP contribution in [0, 0.1) is 11.3 Å². The Balaban J connectivity index is 2.19. The molecule has 0 saturated carbocycles. The van der Waals surface area contributed by atoms with E-state index in [9.17, 15) is 0 Å². The number of pyridine rings is 1. The third-order valence-electron chi connectivity index (χ3n) is 3.32. The molecule has 0 aliphatic carbocycles. The number of aliphatic hydroxyl groups excluding tert-OH is 1. The van der Waals surface area contributed by atoms with Crippen LogP contribution in [0.4, 0.5) is 5.82 Å². The molecule has 6 nitrogen and oxygen atoms in total. The summed E-state index contributed by atoms with van der Waals surface area (Å²) in [6.07, 6.45) is 1.64. The van der Waals surface area contributed by atoms with Crippen molar-refractivity contribution in [2.75, 3.05) is 25.6 Å². The zero-order valence-corrected chi connectivity index (χ0v) is 13.1. The van der Waals surface area contributed by atoms with E-state index < -0.39 is 0 Å². The number of hydrogen-bond acceptors (Lipinski definition) is 6. The van der Waals surface area contributed by atoms with Gasteiger partial charge < -0.3 is 19.9 Å². The van der Waals surface area contributed by atoms with E-state index in [2.05, 4.69) is 16.4 Å². The maximum Gasteiger partial charge on any atom is 0.161 e. The van der Waals surface area contributed by atoms with Gasteiger partial charge in [-0.05, 0) is 36.8 Å². The van der Waals surface area contributed by atoms with E-state index in [0.29, 0.717) is 22.9 Å². The molecule has 2 rings (SSSR count). The maximum atomic E-state index is 9.12. The largest absolute Gasteiger partial charge is 0.493 e. The number of anilines is 1. The zero-order valence-electron chi connectivity index (χ0n) is 13.1. The van der Waals surface area contributed by atoms with Crippen LogP contribution in [0.2, 0.25) is 0 Å². The van der Waals surface area contributed by atoms with Gasteiger partial charge in [0.2, 0.25) is 0 Å². The van der Waals surface area contributed by atoms with Crippen LogP contribution < -0.4 is 14.8 Å². The molecule has 1 aromatic carbocycles. The predicted octanol–water partition coefficient (Wildman–Crippen LogP) is 2.51. The van der Waals surface area contributed by atoms with Crippen LogP contribution >= 0.6 is 0 Å². The molecule has 1 heterocycles. The lowest BCUT2D eigenvalue weighted by atomic mass is 10.1. The Bertz CT molecular complexity index is 698. The average Bonchev–Trinajstić information content (AvgIpc) is 2.60. The van der Waals surface area contributed by atoms with Crippen LogP contribution in [0.15, 0.2) is 36.5 Å². The van der Waals surface area contributed by atoms with E-state index in [1.54, 1.807) is 31.5 Å². The normalized spacial score (nSPS) is 11.4. The number of aliphatic hydroxyl groups is 1. The summed E-state index contributed by atoms with van der Waals surface area (Å²) in [7, 11) is 1.57. The van der Waals surface area contributed by atoms with Crippen LogP contribution in [-0.2, 0) is 0 Å². The van der Waals surface area contributed by atoms with Crippen molar-refractivity contribution in [3.63, 3.8) is 0 Å². The first-order valence-electron chi connectivity index (χ1n) is 7.22. The molecule has 0 amide bonds. The summed E-state index contributed by atoms with van der Waals surface area (Å²) in [6, 6.07) is 11.0. The van der Waals surface area contributed by atoms with Crippen LogP contribution in [0.25, 0.3) is 0 Å². The topological polar surface area (TPSA) is 87.4 Å². The highest BCUT2D eigenvalue weighted by Crippen LogP contribution is 2.31. The number of nitrogens with zero attached hydrogens (tertiary/aromatic N) is 2. The lowest BCUT2D eigenvalue weighted by Gasteiger charge is -2.18. The van der Waals surface area contributed by atoms with Gasteiger partial charge >= 0.3 is 0 Å². The highest BCUT2D eigenvalue weighted by Gasteiger charge is 2.12. The minimum Gasteiger partial charge on any atom is -0.493 e. The van der Waals surface area contributed by atoms with Crippen LogP contribution in [-0.4, -0.2) is 30.4 Å². The predicted molar refractivity (Wildman–Crippen MR) is 86.6 cm³/mol. The van der Waals surface area contributed by atoms with E-state index in [1.165, 1.54) is 0 Å². The van der Waals surface area contributed by atoms with Crippen LogP contribution in [0.3, 0.4) is 0 Å². The van der Waals surface area contributed by atoms with Crippen molar-refractivity contribution in [2.24, 2.45) is 0 Å². The minimum absolute atomic E-state index is 0.0561. The van der Waals surface area contributed by atoms with Gasteiger partial charge in [0.25, 0.3) is 0 Å². The Kier molecular flexibility index (Phi) is 5.78. The highest BCUT2D eigenvalue weighted by atomic mass is 16.5. The summed E-state index contributed by atoms with van der Waals surface area (Å²) >= 11 is 0. The summed E-state index contributed by atoms with van der Waals surface area (Å²) in [5.74, 6) is 1.71. The van der Waals surface area contributed by atoms with Crippen molar-refractivity contribution in [3.8, 4) is 17.6 Å². The smallest absolute Gasteiger partial charge is 0.161 e. The molecule has 120 valence electrons. The van der Waals surface area contributed by atoms with Gasteiger partial charge in [-0.25, -0.2) is 4.98 Å². The molecule has 0 bridgehead atoms. The molecule has 1 atom stereocenters. The maximum absolute atomic E-state index is 9.12. The number of rotatable bonds is 7. The summed E-state index contributed by atoms with van der Waals surface area (Å²) in [4.78, 5) is 4.20. The summed E-state index contributed by atoms with van der Waals surface area (Å²) in [5.41, 5.74) is 1.46. The lowest BCUT2D eigenvalue weighted by Crippen LogP contribution is -2.10. The van der Waals surface area contributed by atoms with E-state index in [4.69, 9.17) is 19.8 Å². The second kappa shape index (κ2) is 8.01. The Morgan fingerprint density at radius 3 is 2.87 bits per heavy atom. The van der Waals surface area contributed by atoms with Gasteiger partial charge in [0.15, 0.2) is 11.5 Å². The van der Waals surface area contributed by atoms with E-state index in [-0.39, 0.29) is 19.3 Å². The number of nitrogens with one attached hydrogen (secondary N) is 1. The second-order valence-electron chi connectivity index (χ2n) is 4.86. The summed E-state index contributed by atoms with van der Waals surface area (Å²) < 4.78 is 10.7. The van der Waals surface area contributed by atoms with Gasteiger partial charge in [0.1, 0.15) is 18.5 Å². The molecule has 2 aromatic rings. The number of methoxy groups -OCH3 is 1. The molecule has 2 N–H and O–H groups in total. The van der Waals surface area contributed by atoms with E-state index >= 15 is 0 Å². The standard InChI is InChI=1S/C17H19N3O3/c1-12(20-17-14(11-18)4-3-7-19-17)13-5-6-15(23-9-8-21)16(10-13)22-2/h3-7,10,12,21H,8-9H2,1-2H3,(H,19,20). The molecule has 0 aliphatic heterocycles. The molecule has 1 aromatic heterocycles. The first-order valence-corrected chi connectivity index (χ1v) is 7.22. The van der Waals surface area contributed by atoms with E-state index in [0.717, 1.165) is 5.56 Å². The Morgan fingerprint density at radius 1 is 1.35 bits per heavy atom. The Labute approximate surface area is 135 Å². The molecule has 23 heavy (non-hydrogen) atoms. The van der Waals surface area contributed by atoms with Gasteiger partial charge in [-0.2, -0.15) is 5.26 Å². The lowest BCUT2D eigenvalue weighted by molar-refractivity contribution is 0.196. The highest BCUT2D eigenvalue weighted by molar-refractivity contribution is 5.53. The molecule has 6 heteroatoms. The van der Waals surface area contributed by atoms with Crippen molar-refractivity contribution in [2.45, 2.75) is 13.0 Å². The van der Waals surface area contributed by atoms with Gasteiger partial charge in [0.05, 0.1) is 25.3 Å². The second-order valence-corrected chi connectivity index (χ2v) is 4.86. The fourth-order valence-corrected chi connectivity index (χ4v) is 2.13. The van der Waals surface area contributed by atoms with Gasteiger partial charge in [-0.3, -0.25) is 0 Å². The molecule has 0 fully saturated rings. The SMILES string of the molecule is COc1cc(C(C)Nc2ncccc2C#N)ccc1OCCO. The van der Waals surface area contributed by atoms with Gasteiger partial charge in [-0.1, -0.05) is 6.07 Å². The first-order chi connectivity index (χ1) is 11.2. The first kappa shape index (κ1) is 16.6. The van der Waals surface area contributed by atoms with Gasteiger partial charge in [-0.15, -0.1) is 0 Å². The monoisotopic (exact) mass is 313 g/mol. The van der Waals surface area contributed by atoms with Crippen LogP contribution in [0.1, 0.15) is 24.1 Å². The summed E-state index contributed by atoms with van der Waals surface area (Å²) in [6.45, 7) is 2.13. The molecule has 0 saturated heterocycles. The number of ether oxygens (including phenoxy) is 2. The number of benzene rings is 1. The van der Waals surface area contributed by atoms with Crippen LogP contribution in [0.5, 0.6) is 11.5 Å². The number of aromatic nitrogens is 1.